The molecule has 2 fully saturated rings. The molecule has 2 unspecified atom stereocenters. The maximum Gasteiger partial charge on any atom is 0.193 e. The molecule has 2 atom stereocenters. The van der Waals surface area contributed by atoms with Crippen molar-refractivity contribution in [3.8, 4) is 5.75 Å². The number of anilines is 1. The van der Waals surface area contributed by atoms with Crippen molar-refractivity contribution in [3.63, 3.8) is 0 Å². The van der Waals surface area contributed by atoms with Gasteiger partial charge in [0.15, 0.2) is 5.96 Å². The summed E-state index contributed by atoms with van der Waals surface area (Å²) in [4.78, 5) is 4.80. The average Bonchev–Trinajstić information content (AvgIpc) is 2.62. The lowest BCUT2D eigenvalue weighted by atomic mass is 9.55. The van der Waals surface area contributed by atoms with Gasteiger partial charge >= 0.3 is 0 Å². The summed E-state index contributed by atoms with van der Waals surface area (Å²) in [5, 5.41) is 3.19. The van der Waals surface area contributed by atoms with Gasteiger partial charge in [0.2, 0.25) is 0 Å². The van der Waals surface area contributed by atoms with Crippen molar-refractivity contribution in [2.45, 2.75) is 57.6 Å². The summed E-state index contributed by atoms with van der Waals surface area (Å²) in [5.74, 6) is 1.32. The molecule has 5 nitrogen and oxygen atoms in total. The van der Waals surface area contributed by atoms with E-state index in [0.29, 0.717) is 12.1 Å². The fourth-order valence-electron chi connectivity index (χ4n) is 4.23. The van der Waals surface area contributed by atoms with Crippen molar-refractivity contribution in [1.29, 1.82) is 0 Å². The zero-order valence-corrected chi connectivity index (χ0v) is 14.8. The molecule has 3 N–H and O–H groups in total. The first-order valence-electron chi connectivity index (χ1n) is 9.04. The van der Waals surface area contributed by atoms with Crippen LogP contribution in [0.5, 0.6) is 5.75 Å². The van der Waals surface area contributed by atoms with Crippen LogP contribution >= 0.6 is 0 Å². The second-order valence-corrected chi connectivity index (χ2v) is 6.86. The van der Waals surface area contributed by atoms with Crippen LogP contribution < -0.4 is 15.8 Å². The van der Waals surface area contributed by atoms with Gasteiger partial charge in [-0.05, 0) is 50.5 Å². The normalized spacial score (nSPS) is 26.0. The highest BCUT2D eigenvalue weighted by molar-refractivity contribution is 5.92. The lowest BCUT2D eigenvalue weighted by Gasteiger charge is -2.55. The van der Waals surface area contributed by atoms with Crippen molar-refractivity contribution in [3.05, 3.63) is 24.3 Å². The number of benzene rings is 1. The predicted molar refractivity (Wildman–Crippen MR) is 97.6 cm³/mol. The van der Waals surface area contributed by atoms with Gasteiger partial charge in [-0.15, -0.1) is 0 Å². The molecule has 0 bridgehead atoms. The molecule has 5 heteroatoms. The number of nitrogens with two attached hydrogens (primary N) is 1. The largest absolute Gasteiger partial charge is 0.497 e. The summed E-state index contributed by atoms with van der Waals surface area (Å²) in [7, 11) is 1.66. The Morgan fingerprint density at radius 1 is 1.25 bits per heavy atom. The molecule has 24 heavy (non-hydrogen) atoms. The van der Waals surface area contributed by atoms with E-state index in [1.807, 2.05) is 24.3 Å². The number of aliphatic imine (C=N–C) groups is 1. The summed E-state index contributed by atoms with van der Waals surface area (Å²) >= 11 is 0. The zero-order chi connectivity index (χ0) is 17.0. The van der Waals surface area contributed by atoms with E-state index in [1.165, 1.54) is 32.1 Å². The standard InChI is InChI=1S/C19H29N3O2/c1-3-24-17-13-16(19(17)11-5-4-6-12-19)22-18(20)21-14-7-9-15(23-2)10-8-14/h7-10,16-17H,3-6,11-13H2,1-2H3,(H3,20,21,22). The van der Waals surface area contributed by atoms with Gasteiger partial charge in [0.1, 0.15) is 5.75 Å². The third kappa shape index (κ3) is 3.36. The molecular weight excluding hydrogens is 302 g/mol. The Morgan fingerprint density at radius 3 is 2.58 bits per heavy atom. The molecule has 0 aromatic heterocycles. The third-order valence-electron chi connectivity index (χ3n) is 5.55. The fourth-order valence-corrected chi connectivity index (χ4v) is 4.23. The van der Waals surface area contributed by atoms with Crippen LogP contribution in [0.1, 0.15) is 45.4 Å². The molecule has 1 aromatic rings. The second kappa shape index (κ2) is 7.43. The highest BCUT2D eigenvalue weighted by Gasteiger charge is 2.55. The molecule has 3 rings (SSSR count). The topological polar surface area (TPSA) is 68.9 Å². The maximum absolute atomic E-state index is 6.16. The summed E-state index contributed by atoms with van der Waals surface area (Å²) < 4.78 is 11.2. The molecule has 0 saturated heterocycles. The SMILES string of the molecule is CCOC1CC(N=C(N)Nc2ccc(OC)cc2)C12CCCCC2. The summed E-state index contributed by atoms with van der Waals surface area (Å²) in [6.07, 6.45) is 7.65. The van der Waals surface area contributed by atoms with Crippen LogP contribution in [-0.4, -0.2) is 31.8 Å². The Morgan fingerprint density at radius 2 is 1.96 bits per heavy atom. The Balaban J connectivity index is 1.67. The van der Waals surface area contributed by atoms with Crippen molar-refractivity contribution >= 4 is 11.6 Å². The Kier molecular flexibility index (Phi) is 5.29. The zero-order valence-electron chi connectivity index (χ0n) is 14.8. The minimum atomic E-state index is 0.209. The van der Waals surface area contributed by atoms with Crippen LogP contribution in [0.15, 0.2) is 29.3 Å². The van der Waals surface area contributed by atoms with Gasteiger partial charge < -0.3 is 20.5 Å². The first kappa shape index (κ1) is 17.1. The van der Waals surface area contributed by atoms with E-state index in [2.05, 4.69) is 12.2 Å². The molecule has 0 amide bonds. The Bertz CT molecular complexity index is 564. The average molecular weight is 331 g/mol. The van der Waals surface area contributed by atoms with E-state index in [1.54, 1.807) is 7.11 Å². The fraction of sp³-hybridized carbons (Fsp3) is 0.632. The minimum absolute atomic E-state index is 0.209. The Labute approximate surface area is 144 Å². The number of methoxy groups -OCH3 is 1. The summed E-state index contributed by atoms with van der Waals surface area (Å²) in [6.45, 7) is 2.86. The first-order valence-corrected chi connectivity index (χ1v) is 9.04. The quantitative estimate of drug-likeness (QED) is 0.639. The number of guanidine groups is 1. The second-order valence-electron chi connectivity index (χ2n) is 6.86. The number of ether oxygens (including phenoxy) is 2. The van der Waals surface area contributed by atoms with Crippen LogP contribution in [0.4, 0.5) is 5.69 Å². The van der Waals surface area contributed by atoms with Crippen molar-refractivity contribution in [2.24, 2.45) is 16.1 Å². The molecule has 0 heterocycles. The monoisotopic (exact) mass is 331 g/mol. The van der Waals surface area contributed by atoms with Crippen LogP contribution in [0, 0.1) is 5.41 Å². The van der Waals surface area contributed by atoms with E-state index < -0.39 is 0 Å². The summed E-state index contributed by atoms with van der Waals surface area (Å²) in [5.41, 5.74) is 7.30. The number of nitrogens with one attached hydrogen (secondary N) is 1. The molecule has 0 radical (unpaired) electrons. The van der Waals surface area contributed by atoms with E-state index in [-0.39, 0.29) is 11.5 Å². The van der Waals surface area contributed by atoms with E-state index in [9.17, 15) is 0 Å². The van der Waals surface area contributed by atoms with Crippen molar-refractivity contribution in [1.82, 2.24) is 0 Å². The molecule has 1 aromatic carbocycles. The molecule has 0 aliphatic heterocycles. The lowest BCUT2D eigenvalue weighted by Crippen LogP contribution is -2.58. The van der Waals surface area contributed by atoms with Gasteiger partial charge in [-0.2, -0.15) is 0 Å². The molecular formula is C19H29N3O2. The molecule has 2 aliphatic rings. The number of hydrogen-bond donors (Lipinski definition) is 2. The number of rotatable bonds is 5. The van der Waals surface area contributed by atoms with Crippen LogP contribution in [-0.2, 0) is 4.74 Å². The van der Waals surface area contributed by atoms with Crippen molar-refractivity contribution < 1.29 is 9.47 Å². The van der Waals surface area contributed by atoms with Gasteiger partial charge in [0, 0.05) is 17.7 Å². The van der Waals surface area contributed by atoms with E-state index >= 15 is 0 Å². The van der Waals surface area contributed by atoms with E-state index in [4.69, 9.17) is 20.2 Å². The molecule has 1 spiro atoms. The number of nitrogens with zero attached hydrogens (tertiary/aromatic N) is 1. The summed E-state index contributed by atoms with van der Waals surface area (Å²) in [6, 6.07) is 7.99. The van der Waals surface area contributed by atoms with Crippen molar-refractivity contribution in [2.75, 3.05) is 19.0 Å². The van der Waals surface area contributed by atoms with Crippen LogP contribution in [0.25, 0.3) is 0 Å². The van der Waals surface area contributed by atoms with E-state index in [0.717, 1.165) is 24.5 Å². The minimum Gasteiger partial charge on any atom is -0.497 e. The van der Waals surface area contributed by atoms with Crippen LogP contribution in [0.2, 0.25) is 0 Å². The third-order valence-corrected chi connectivity index (χ3v) is 5.55. The highest BCUT2D eigenvalue weighted by atomic mass is 16.5. The van der Waals surface area contributed by atoms with Gasteiger partial charge in [0.25, 0.3) is 0 Å². The number of hydrogen-bond acceptors (Lipinski definition) is 3. The molecule has 2 saturated carbocycles. The smallest absolute Gasteiger partial charge is 0.193 e. The lowest BCUT2D eigenvalue weighted by molar-refractivity contribution is -0.139. The first-order chi connectivity index (χ1) is 11.7. The van der Waals surface area contributed by atoms with Gasteiger partial charge in [0.05, 0.1) is 19.3 Å². The molecule has 132 valence electrons. The van der Waals surface area contributed by atoms with Gasteiger partial charge in [-0.3, -0.25) is 0 Å². The van der Waals surface area contributed by atoms with Gasteiger partial charge in [-0.25, -0.2) is 4.99 Å². The Hall–Kier alpha value is -1.75. The maximum atomic E-state index is 6.16. The van der Waals surface area contributed by atoms with Crippen LogP contribution in [0.3, 0.4) is 0 Å². The molecule has 2 aliphatic carbocycles. The predicted octanol–water partition coefficient (Wildman–Crippen LogP) is 3.55. The van der Waals surface area contributed by atoms with Gasteiger partial charge in [-0.1, -0.05) is 19.3 Å². The highest BCUT2D eigenvalue weighted by Crippen LogP contribution is 2.54.